The summed E-state index contributed by atoms with van der Waals surface area (Å²) in [6, 6.07) is 0. The lowest BCUT2D eigenvalue weighted by Gasteiger charge is -2.29. The predicted octanol–water partition coefficient (Wildman–Crippen LogP) is 17.1. The van der Waals surface area contributed by atoms with Gasteiger partial charge in [-0.05, 0) is 83.5 Å². The number of hydrogen-bond donors (Lipinski definition) is 2. The van der Waals surface area contributed by atoms with E-state index in [0.717, 1.165) is 109 Å². The van der Waals surface area contributed by atoms with E-state index >= 15 is 0 Å². The Morgan fingerprint density at radius 2 is 0.726 bits per heavy atom. The Hall–Kier alpha value is -2.18. The fourth-order valence-corrected chi connectivity index (χ4v) is 8.03. The van der Waals surface area contributed by atoms with Crippen molar-refractivity contribution in [3.05, 3.63) is 48.6 Å². The smallest absolute Gasteiger partial charge is 0.328 e. The van der Waals surface area contributed by atoms with Gasteiger partial charge in [-0.25, -0.2) is 0 Å². The summed E-state index contributed by atoms with van der Waals surface area (Å²) in [5, 5.41) is 0. The van der Waals surface area contributed by atoms with Crippen LogP contribution in [0.15, 0.2) is 48.6 Å². The molecule has 4 N–H and O–H groups in total. The van der Waals surface area contributed by atoms with E-state index in [0.29, 0.717) is 0 Å². The highest BCUT2D eigenvalue weighted by molar-refractivity contribution is 5.74. The van der Waals surface area contributed by atoms with Crippen molar-refractivity contribution >= 4 is 11.9 Å². The molecule has 0 spiro atoms. The summed E-state index contributed by atoms with van der Waals surface area (Å²) in [7, 11) is 0. The highest BCUT2D eigenvalue weighted by Gasteiger charge is 2.35. The van der Waals surface area contributed by atoms with Crippen molar-refractivity contribution < 1.29 is 19.1 Å². The molecule has 0 aliphatic carbocycles. The minimum absolute atomic E-state index is 0.245. The Bertz CT molecular complexity index is 1080. The lowest BCUT2D eigenvalue weighted by atomic mass is 9.94. The summed E-state index contributed by atoms with van der Waals surface area (Å²) >= 11 is 0. The molecule has 0 aromatic heterocycles. The van der Waals surface area contributed by atoms with E-state index in [1.54, 1.807) is 0 Å². The van der Waals surface area contributed by atoms with E-state index < -0.39 is 11.9 Å². The molecule has 0 aliphatic heterocycles. The van der Waals surface area contributed by atoms with Gasteiger partial charge in [-0.2, -0.15) is 0 Å². The average Bonchev–Trinajstić information content (AvgIpc) is 3.26. The predicted molar refractivity (Wildman–Crippen MR) is 270 cm³/mol. The van der Waals surface area contributed by atoms with Crippen LogP contribution in [-0.2, 0) is 19.1 Å². The maximum absolute atomic E-state index is 13.6. The summed E-state index contributed by atoms with van der Waals surface area (Å²) in [4.78, 5) is 26.4. The number of rotatable bonds is 48. The van der Waals surface area contributed by atoms with Crippen LogP contribution in [-0.4, -0.2) is 24.4 Å². The van der Waals surface area contributed by atoms with Crippen LogP contribution in [0.3, 0.4) is 0 Å². The minimum atomic E-state index is -1.92. The van der Waals surface area contributed by atoms with Crippen LogP contribution >= 0.6 is 0 Å². The molecule has 0 radical (unpaired) electrons. The maximum atomic E-state index is 13.6. The minimum Gasteiger partial charge on any atom is -0.407 e. The van der Waals surface area contributed by atoms with E-state index in [-0.39, 0.29) is 24.9 Å². The number of ether oxygens (including phenoxy) is 2. The number of hydrogen-bond acceptors (Lipinski definition) is 6. The van der Waals surface area contributed by atoms with Crippen molar-refractivity contribution in [3.8, 4) is 0 Å². The largest absolute Gasteiger partial charge is 0.407 e. The molecule has 0 rings (SSSR count). The number of unbranched alkanes of at least 4 members (excludes halogenated alkanes) is 30. The van der Waals surface area contributed by atoms with Gasteiger partial charge < -0.3 is 15.2 Å². The number of carbonyl (C=O) groups is 2. The molecule has 0 aromatic carbocycles. The normalized spacial score (nSPS) is 13.6. The fraction of sp³-hybridized carbons (Fsp3) is 0.821. The molecule has 0 heterocycles. The zero-order chi connectivity index (χ0) is 45.3. The molecule has 0 aliphatic rings. The Balaban J connectivity index is 4.62. The van der Waals surface area contributed by atoms with Crippen LogP contribution in [0.1, 0.15) is 278 Å². The summed E-state index contributed by atoms with van der Waals surface area (Å²) < 4.78 is 11.3. The SMILES string of the molecule is CCCCC/C=C\C/C=C\CCCCCCCC(=O)OC(N)(CN)OC(=O)C(CCCCCC/C=C\C/C=C\CCCCC)CCCCCCCCCCCCCCCCCC. The van der Waals surface area contributed by atoms with Crippen molar-refractivity contribution in [2.75, 3.05) is 6.54 Å². The molecule has 62 heavy (non-hydrogen) atoms. The second kappa shape index (κ2) is 48.3. The number of esters is 2. The Morgan fingerprint density at radius 1 is 0.419 bits per heavy atom. The van der Waals surface area contributed by atoms with Crippen molar-refractivity contribution in [1.82, 2.24) is 0 Å². The molecule has 0 amide bonds. The van der Waals surface area contributed by atoms with E-state index in [1.165, 1.54) is 141 Å². The lowest BCUT2D eigenvalue weighted by molar-refractivity contribution is -0.226. The molecule has 362 valence electrons. The molecule has 6 nitrogen and oxygen atoms in total. The lowest BCUT2D eigenvalue weighted by Crippen LogP contribution is -2.55. The van der Waals surface area contributed by atoms with Crippen LogP contribution in [0.4, 0.5) is 0 Å². The Morgan fingerprint density at radius 3 is 1.10 bits per heavy atom. The van der Waals surface area contributed by atoms with Gasteiger partial charge in [0.15, 0.2) is 0 Å². The molecule has 0 bridgehead atoms. The average molecular weight is 869 g/mol. The van der Waals surface area contributed by atoms with Crippen molar-refractivity contribution in [1.29, 1.82) is 0 Å². The first kappa shape index (κ1) is 59.8. The van der Waals surface area contributed by atoms with Gasteiger partial charge in [-0.15, -0.1) is 0 Å². The summed E-state index contributed by atoms with van der Waals surface area (Å²) in [6.07, 6.45) is 65.0. The van der Waals surface area contributed by atoms with Crippen LogP contribution in [0.5, 0.6) is 0 Å². The first-order valence-electron chi connectivity index (χ1n) is 27.0. The third-order valence-electron chi connectivity index (χ3n) is 12.2. The summed E-state index contributed by atoms with van der Waals surface area (Å²) in [5.41, 5.74) is 12.3. The topological polar surface area (TPSA) is 105 Å². The molecule has 0 saturated heterocycles. The Labute approximate surface area is 385 Å². The second-order valence-electron chi connectivity index (χ2n) is 18.3. The Kier molecular flexibility index (Phi) is 46.6. The molecular formula is C56H104N2O4. The third-order valence-corrected chi connectivity index (χ3v) is 12.2. The molecule has 0 aromatic rings. The summed E-state index contributed by atoms with van der Waals surface area (Å²) in [5.74, 6) is -3.02. The third kappa shape index (κ3) is 43.1. The van der Waals surface area contributed by atoms with Gasteiger partial charge >= 0.3 is 17.8 Å². The van der Waals surface area contributed by atoms with E-state index in [9.17, 15) is 9.59 Å². The van der Waals surface area contributed by atoms with Gasteiger partial charge in [-0.1, -0.05) is 236 Å². The maximum Gasteiger partial charge on any atom is 0.328 e. The highest BCUT2D eigenvalue weighted by atomic mass is 16.7. The monoisotopic (exact) mass is 869 g/mol. The molecular weight excluding hydrogens is 765 g/mol. The van der Waals surface area contributed by atoms with Crippen molar-refractivity contribution in [2.24, 2.45) is 17.4 Å². The van der Waals surface area contributed by atoms with Crippen LogP contribution in [0, 0.1) is 5.92 Å². The fourth-order valence-electron chi connectivity index (χ4n) is 8.03. The zero-order valence-corrected chi connectivity index (χ0v) is 41.5. The van der Waals surface area contributed by atoms with Gasteiger partial charge in [0.25, 0.3) is 0 Å². The van der Waals surface area contributed by atoms with Crippen molar-refractivity contribution in [3.63, 3.8) is 0 Å². The van der Waals surface area contributed by atoms with Gasteiger partial charge in [-0.3, -0.25) is 15.3 Å². The van der Waals surface area contributed by atoms with Gasteiger partial charge in [0.2, 0.25) is 0 Å². The van der Waals surface area contributed by atoms with E-state index in [1.807, 2.05) is 0 Å². The highest BCUT2D eigenvalue weighted by Crippen LogP contribution is 2.23. The molecule has 0 fully saturated rings. The van der Waals surface area contributed by atoms with Gasteiger partial charge in [0.05, 0.1) is 12.5 Å². The zero-order valence-electron chi connectivity index (χ0n) is 41.5. The van der Waals surface area contributed by atoms with Crippen LogP contribution < -0.4 is 11.5 Å². The number of carbonyl (C=O) groups excluding carboxylic acids is 2. The molecule has 2 atom stereocenters. The standard InChI is InChI=1S/C56H104N2O4/c1-4-7-10-13-16-19-22-25-28-30-32-35-38-41-44-47-50-53(49-46-43-40-37-34-31-27-24-21-18-15-12-9-6-3)55(60)62-56(58,52-57)61-54(59)51-48-45-42-39-36-33-29-26-23-20-17-14-11-8-5-2/h17-18,20-21,26-27,29,31,53H,4-16,19,22-25,28,30,32-52,57-58H2,1-3H3/b20-17-,21-18-,29-26-,31-27-. The quantitative estimate of drug-likeness (QED) is 0.0273. The number of nitrogens with two attached hydrogens (primary N) is 2. The molecule has 0 saturated carbocycles. The van der Waals surface area contributed by atoms with Gasteiger partial charge in [0.1, 0.15) is 0 Å². The first-order chi connectivity index (χ1) is 30.4. The molecule has 6 heteroatoms. The summed E-state index contributed by atoms with van der Waals surface area (Å²) in [6.45, 7) is 6.51. The van der Waals surface area contributed by atoms with Crippen molar-refractivity contribution in [2.45, 2.75) is 284 Å². The number of allylic oxidation sites excluding steroid dienone is 8. The molecule has 2 unspecified atom stereocenters. The van der Waals surface area contributed by atoms with E-state index in [2.05, 4.69) is 69.4 Å². The van der Waals surface area contributed by atoms with Crippen LogP contribution in [0.25, 0.3) is 0 Å². The first-order valence-corrected chi connectivity index (χ1v) is 27.0. The second-order valence-corrected chi connectivity index (χ2v) is 18.3. The van der Waals surface area contributed by atoms with E-state index in [4.69, 9.17) is 20.9 Å². The van der Waals surface area contributed by atoms with Gasteiger partial charge in [0, 0.05) is 6.42 Å². The van der Waals surface area contributed by atoms with Crippen LogP contribution in [0.2, 0.25) is 0 Å².